The molecule has 0 amide bonds. The Balaban J connectivity index is 0.00000320. The van der Waals surface area contributed by atoms with E-state index in [1.807, 2.05) is 7.05 Å². The zero-order valence-electron chi connectivity index (χ0n) is 19.1. The van der Waals surface area contributed by atoms with E-state index in [-0.39, 0.29) is 24.0 Å². The SMILES string of the molecule is CN=C(NCCCCN1CCCCC1C)N1CCc2cc(OC)c(OC)cc2C1.I. The number of ether oxygens (including phenoxy) is 2. The molecule has 0 bridgehead atoms. The summed E-state index contributed by atoms with van der Waals surface area (Å²) in [6.45, 7) is 7.66. The van der Waals surface area contributed by atoms with Crippen molar-refractivity contribution in [1.29, 1.82) is 0 Å². The lowest BCUT2D eigenvalue weighted by molar-refractivity contribution is 0.158. The first-order valence-corrected chi connectivity index (χ1v) is 11.1. The van der Waals surface area contributed by atoms with Crippen LogP contribution >= 0.6 is 24.0 Å². The number of benzene rings is 1. The van der Waals surface area contributed by atoms with Gasteiger partial charge < -0.3 is 24.6 Å². The molecule has 2 aliphatic rings. The fourth-order valence-corrected chi connectivity index (χ4v) is 4.53. The number of nitrogens with one attached hydrogen (secondary N) is 1. The second-order valence-corrected chi connectivity index (χ2v) is 8.21. The number of halogens is 1. The Labute approximate surface area is 199 Å². The van der Waals surface area contributed by atoms with Gasteiger partial charge in [-0.25, -0.2) is 0 Å². The minimum atomic E-state index is 0. The third-order valence-corrected chi connectivity index (χ3v) is 6.33. The zero-order valence-corrected chi connectivity index (χ0v) is 21.4. The first-order valence-electron chi connectivity index (χ1n) is 11.1. The van der Waals surface area contributed by atoms with Crippen LogP contribution in [-0.4, -0.2) is 69.2 Å². The van der Waals surface area contributed by atoms with Crippen LogP contribution in [0.5, 0.6) is 11.5 Å². The fourth-order valence-electron chi connectivity index (χ4n) is 4.53. The second kappa shape index (κ2) is 12.6. The number of fused-ring (bicyclic) bond motifs is 1. The van der Waals surface area contributed by atoms with Crippen molar-refractivity contribution in [2.45, 2.75) is 58.0 Å². The third kappa shape index (κ3) is 6.39. The van der Waals surface area contributed by atoms with Gasteiger partial charge in [0.25, 0.3) is 0 Å². The summed E-state index contributed by atoms with van der Waals surface area (Å²) >= 11 is 0. The van der Waals surface area contributed by atoms with E-state index >= 15 is 0 Å². The molecule has 30 heavy (non-hydrogen) atoms. The largest absolute Gasteiger partial charge is 0.493 e. The molecule has 0 saturated carbocycles. The van der Waals surface area contributed by atoms with Crippen molar-refractivity contribution >= 4 is 29.9 Å². The number of unbranched alkanes of at least 4 members (excludes halogenated alkanes) is 1. The number of methoxy groups -OCH3 is 2. The summed E-state index contributed by atoms with van der Waals surface area (Å²) in [4.78, 5) is 9.51. The summed E-state index contributed by atoms with van der Waals surface area (Å²) in [5, 5.41) is 3.57. The number of likely N-dealkylation sites (tertiary alicyclic amines) is 1. The Morgan fingerprint density at radius 1 is 1.10 bits per heavy atom. The molecule has 1 saturated heterocycles. The van der Waals surface area contributed by atoms with Crippen LogP contribution in [0.15, 0.2) is 17.1 Å². The van der Waals surface area contributed by atoms with Gasteiger partial charge in [0.1, 0.15) is 0 Å². The molecule has 1 N–H and O–H groups in total. The lowest BCUT2D eigenvalue weighted by atomic mass is 9.99. The minimum absolute atomic E-state index is 0. The quantitative estimate of drug-likeness (QED) is 0.251. The van der Waals surface area contributed by atoms with E-state index in [2.05, 4.69) is 39.2 Å². The maximum atomic E-state index is 5.48. The molecule has 3 rings (SSSR count). The van der Waals surface area contributed by atoms with Crippen molar-refractivity contribution in [2.75, 3.05) is 47.4 Å². The third-order valence-electron chi connectivity index (χ3n) is 6.33. The molecule has 170 valence electrons. The maximum Gasteiger partial charge on any atom is 0.193 e. The zero-order chi connectivity index (χ0) is 20.6. The maximum absolute atomic E-state index is 5.48. The lowest BCUT2D eigenvalue weighted by Gasteiger charge is -2.33. The van der Waals surface area contributed by atoms with Crippen LogP contribution in [0.25, 0.3) is 0 Å². The first-order chi connectivity index (χ1) is 14.2. The normalized spacial score (nSPS) is 19.7. The highest BCUT2D eigenvalue weighted by Crippen LogP contribution is 2.33. The molecule has 7 heteroatoms. The summed E-state index contributed by atoms with van der Waals surface area (Å²) < 4.78 is 10.9. The van der Waals surface area contributed by atoms with Crippen molar-refractivity contribution in [3.8, 4) is 11.5 Å². The summed E-state index contributed by atoms with van der Waals surface area (Å²) in [6, 6.07) is 4.98. The summed E-state index contributed by atoms with van der Waals surface area (Å²) in [5.74, 6) is 2.60. The molecule has 1 aromatic rings. The van der Waals surface area contributed by atoms with Gasteiger partial charge in [-0.15, -0.1) is 24.0 Å². The molecule has 0 radical (unpaired) electrons. The fraction of sp³-hybridized carbons (Fsp3) is 0.696. The van der Waals surface area contributed by atoms with Crippen LogP contribution in [0, 0.1) is 0 Å². The molecular formula is C23H39IN4O2. The smallest absolute Gasteiger partial charge is 0.193 e. The highest BCUT2D eigenvalue weighted by molar-refractivity contribution is 14.0. The van der Waals surface area contributed by atoms with E-state index in [9.17, 15) is 0 Å². The van der Waals surface area contributed by atoms with Gasteiger partial charge in [0.15, 0.2) is 17.5 Å². The Morgan fingerprint density at radius 2 is 1.83 bits per heavy atom. The lowest BCUT2D eigenvalue weighted by Crippen LogP contribution is -2.44. The molecule has 1 unspecified atom stereocenters. The first kappa shape index (κ1) is 25.0. The summed E-state index contributed by atoms with van der Waals surface area (Å²) in [7, 11) is 5.26. The number of hydrogen-bond donors (Lipinski definition) is 1. The molecule has 2 aliphatic heterocycles. The van der Waals surface area contributed by atoms with Gasteiger partial charge in [0.2, 0.25) is 0 Å². The number of nitrogens with zero attached hydrogens (tertiary/aromatic N) is 3. The van der Waals surface area contributed by atoms with Crippen LogP contribution in [0.1, 0.15) is 50.2 Å². The molecule has 0 aromatic heterocycles. The molecule has 0 aliphatic carbocycles. The van der Waals surface area contributed by atoms with E-state index < -0.39 is 0 Å². The van der Waals surface area contributed by atoms with Crippen LogP contribution in [0.2, 0.25) is 0 Å². The van der Waals surface area contributed by atoms with Crippen molar-refractivity contribution in [2.24, 2.45) is 4.99 Å². The average Bonchev–Trinajstić information content (AvgIpc) is 2.76. The Hall–Kier alpha value is -1.22. The Kier molecular flexibility index (Phi) is 10.5. The molecule has 0 spiro atoms. The highest BCUT2D eigenvalue weighted by Gasteiger charge is 2.22. The van der Waals surface area contributed by atoms with E-state index in [0.717, 1.165) is 49.6 Å². The summed E-state index contributed by atoms with van der Waals surface area (Å²) in [5.41, 5.74) is 2.63. The van der Waals surface area contributed by atoms with Gasteiger partial charge in [-0.2, -0.15) is 0 Å². The van der Waals surface area contributed by atoms with Crippen LogP contribution in [-0.2, 0) is 13.0 Å². The standard InChI is InChI=1S/C23H38N4O2.HI/c1-18-9-5-7-12-26(18)13-8-6-11-25-23(24-2)27-14-10-19-15-21(28-3)22(29-4)16-20(19)17-27;/h15-16,18H,5-14,17H2,1-4H3,(H,24,25);1H. The van der Waals surface area contributed by atoms with E-state index in [0.29, 0.717) is 0 Å². The van der Waals surface area contributed by atoms with Crippen molar-refractivity contribution in [3.63, 3.8) is 0 Å². The average molecular weight is 530 g/mol. The van der Waals surface area contributed by atoms with Gasteiger partial charge in [-0.1, -0.05) is 6.42 Å². The van der Waals surface area contributed by atoms with E-state index in [4.69, 9.17) is 9.47 Å². The van der Waals surface area contributed by atoms with Gasteiger partial charge in [-0.05, 0) is 75.4 Å². The monoisotopic (exact) mass is 530 g/mol. The number of rotatable bonds is 7. The minimum Gasteiger partial charge on any atom is -0.493 e. The predicted molar refractivity (Wildman–Crippen MR) is 135 cm³/mol. The van der Waals surface area contributed by atoms with Gasteiger partial charge >= 0.3 is 0 Å². The molecule has 6 nitrogen and oxygen atoms in total. The van der Waals surface area contributed by atoms with E-state index in [1.165, 1.54) is 56.3 Å². The second-order valence-electron chi connectivity index (χ2n) is 8.21. The molecule has 2 heterocycles. The van der Waals surface area contributed by atoms with Crippen molar-refractivity contribution in [1.82, 2.24) is 15.1 Å². The van der Waals surface area contributed by atoms with Crippen LogP contribution < -0.4 is 14.8 Å². The van der Waals surface area contributed by atoms with Gasteiger partial charge in [0.05, 0.1) is 14.2 Å². The van der Waals surface area contributed by atoms with E-state index in [1.54, 1.807) is 14.2 Å². The number of guanidine groups is 1. The molecular weight excluding hydrogens is 491 g/mol. The molecule has 1 atom stereocenters. The number of piperidine rings is 1. The summed E-state index contributed by atoms with van der Waals surface area (Å²) in [6.07, 6.45) is 7.53. The topological polar surface area (TPSA) is 49.3 Å². The Morgan fingerprint density at radius 3 is 2.50 bits per heavy atom. The predicted octanol–water partition coefficient (Wildman–Crippen LogP) is 3.91. The number of aliphatic imine (C=N–C) groups is 1. The van der Waals surface area contributed by atoms with Gasteiger partial charge in [0, 0.05) is 32.7 Å². The Bertz CT molecular complexity index is 698. The van der Waals surface area contributed by atoms with Crippen LogP contribution in [0.3, 0.4) is 0 Å². The van der Waals surface area contributed by atoms with Crippen LogP contribution in [0.4, 0.5) is 0 Å². The van der Waals surface area contributed by atoms with Crippen molar-refractivity contribution in [3.05, 3.63) is 23.3 Å². The molecule has 1 aromatic carbocycles. The number of hydrogen-bond acceptors (Lipinski definition) is 4. The highest BCUT2D eigenvalue weighted by atomic mass is 127. The molecule has 1 fully saturated rings. The van der Waals surface area contributed by atoms with Gasteiger partial charge in [-0.3, -0.25) is 4.99 Å². The van der Waals surface area contributed by atoms with Crippen molar-refractivity contribution < 1.29 is 9.47 Å².